The Kier molecular flexibility index (Phi) is 3.94. The minimum Gasteiger partial charge on any atom is -0.488 e. The summed E-state index contributed by atoms with van der Waals surface area (Å²) in [6, 6.07) is 14.8. The predicted molar refractivity (Wildman–Crippen MR) is 85.6 cm³/mol. The highest BCUT2D eigenvalue weighted by atomic mass is 16.5. The van der Waals surface area contributed by atoms with E-state index in [9.17, 15) is 9.90 Å². The van der Waals surface area contributed by atoms with E-state index < -0.39 is 6.10 Å². The molecule has 2 aromatic rings. The number of hydrogen-bond acceptors (Lipinski definition) is 3. The Bertz CT molecular complexity index is 735. The van der Waals surface area contributed by atoms with E-state index in [1.807, 2.05) is 42.5 Å². The van der Waals surface area contributed by atoms with Crippen molar-refractivity contribution >= 4 is 17.7 Å². The molecular weight excluding hydrogens is 278 g/mol. The Morgan fingerprint density at radius 2 is 1.91 bits per heavy atom. The van der Waals surface area contributed by atoms with E-state index in [0.29, 0.717) is 16.8 Å². The van der Waals surface area contributed by atoms with E-state index in [4.69, 9.17) is 4.74 Å². The van der Waals surface area contributed by atoms with Gasteiger partial charge in [-0.1, -0.05) is 36.4 Å². The first-order valence-corrected chi connectivity index (χ1v) is 7.16. The molecule has 4 heteroatoms. The van der Waals surface area contributed by atoms with Gasteiger partial charge in [-0.3, -0.25) is 4.79 Å². The number of para-hydroxylation sites is 2. The Balaban J connectivity index is 1.83. The molecule has 4 nitrogen and oxygen atoms in total. The van der Waals surface area contributed by atoms with Gasteiger partial charge in [0.1, 0.15) is 12.4 Å². The summed E-state index contributed by atoms with van der Waals surface area (Å²) in [4.78, 5) is 12.4. The lowest BCUT2D eigenvalue weighted by molar-refractivity contribution is -0.113. The maximum atomic E-state index is 12.4. The first kappa shape index (κ1) is 14.4. The van der Waals surface area contributed by atoms with Crippen LogP contribution in [0.1, 0.15) is 24.2 Å². The van der Waals surface area contributed by atoms with Crippen molar-refractivity contribution in [1.82, 2.24) is 0 Å². The van der Waals surface area contributed by atoms with Crippen LogP contribution in [0.4, 0.5) is 5.69 Å². The average molecular weight is 295 g/mol. The normalized spacial score (nSPS) is 14.4. The topological polar surface area (TPSA) is 58.6 Å². The quantitative estimate of drug-likeness (QED) is 0.914. The van der Waals surface area contributed by atoms with Crippen molar-refractivity contribution in [3.8, 4) is 5.75 Å². The molecule has 1 heterocycles. The van der Waals surface area contributed by atoms with Crippen LogP contribution < -0.4 is 10.1 Å². The van der Waals surface area contributed by atoms with Gasteiger partial charge >= 0.3 is 0 Å². The number of amides is 1. The van der Waals surface area contributed by atoms with Gasteiger partial charge in [0.25, 0.3) is 5.91 Å². The molecule has 1 aliphatic rings. The molecule has 1 unspecified atom stereocenters. The van der Waals surface area contributed by atoms with Crippen LogP contribution in [0.25, 0.3) is 6.08 Å². The van der Waals surface area contributed by atoms with Crippen LogP contribution in [0.5, 0.6) is 5.75 Å². The zero-order chi connectivity index (χ0) is 15.5. The fourth-order valence-corrected chi connectivity index (χ4v) is 2.42. The summed E-state index contributed by atoms with van der Waals surface area (Å²) in [5.74, 6) is 0.561. The lowest BCUT2D eigenvalue weighted by Gasteiger charge is -2.18. The largest absolute Gasteiger partial charge is 0.488 e. The SMILES string of the molecule is CC(O)c1ccccc1NC(=O)C1=Cc2ccccc2OC1. The summed E-state index contributed by atoms with van der Waals surface area (Å²) >= 11 is 0. The number of anilines is 1. The molecular formula is C18H17NO3. The van der Waals surface area contributed by atoms with Gasteiger partial charge in [-0.15, -0.1) is 0 Å². The Labute approximate surface area is 129 Å². The van der Waals surface area contributed by atoms with Crippen molar-refractivity contribution < 1.29 is 14.6 Å². The number of rotatable bonds is 3. The van der Waals surface area contributed by atoms with E-state index in [1.165, 1.54) is 0 Å². The third kappa shape index (κ3) is 2.87. The van der Waals surface area contributed by atoms with Gasteiger partial charge < -0.3 is 15.2 Å². The summed E-state index contributed by atoms with van der Waals surface area (Å²) in [5, 5.41) is 12.6. The molecule has 0 radical (unpaired) electrons. The molecule has 2 aromatic carbocycles. The Hall–Kier alpha value is -2.59. The van der Waals surface area contributed by atoms with Crippen molar-refractivity contribution in [1.29, 1.82) is 0 Å². The number of aliphatic hydroxyl groups excluding tert-OH is 1. The average Bonchev–Trinajstić information content (AvgIpc) is 2.54. The van der Waals surface area contributed by atoms with Gasteiger partial charge in [-0.05, 0) is 25.1 Å². The maximum Gasteiger partial charge on any atom is 0.255 e. The second-order valence-electron chi connectivity index (χ2n) is 5.21. The lowest BCUT2D eigenvalue weighted by atomic mass is 10.1. The molecule has 22 heavy (non-hydrogen) atoms. The van der Waals surface area contributed by atoms with Gasteiger partial charge in [-0.2, -0.15) is 0 Å². The van der Waals surface area contributed by atoms with E-state index in [-0.39, 0.29) is 12.5 Å². The molecule has 0 saturated heterocycles. The molecule has 112 valence electrons. The van der Waals surface area contributed by atoms with Gasteiger partial charge in [0, 0.05) is 16.8 Å². The number of carbonyl (C=O) groups excluding carboxylic acids is 1. The molecule has 0 saturated carbocycles. The number of aliphatic hydroxyl groups is 1. The molecule has 1 amide bonds. The molecule has 1 atom stereocenters. The van der Waals surface area contributed by atoms with Crippen LogP contribution in [0.2, 0.25) is 0 Å². The fraction of sp³-hybridized carbons (Fsp3) is 0.167. The molecule has 1 aliphatic heterocycles. The first-order chi connectivity index (χ1) is 10.6. The number of hydrogen-bond donors (Lipinski definition) is 2. The van der Waals surface area contributed by atoms with Crippen LogP contribution in [0.3, 0.4) is 0 Å². The number of ether oxygens (including phenoxy) is 1. The van der Waals surface area contributed by atoms with Crippen molar-refractivity contribution in [2.24, 2.45) is 0 Å². The second-order valence-corrected chi connectivity index (χ2v) is 5.21. The first-order valence-electron chi connectivity index (χ1n) is 7.16. The summed E-state index contributed by atoms with van der Waals surface area (Å²) in [7, 11) is 0. The number of fused-ring (bicyclic) bond motifs is 1. The molecule has 0 spiro atoms. The number of benzene rings is 2. The van der Waals surface area contributed by atoms with Gasteiger partial charge in [0.05, 0.1) is 11.7 Å². The minimum atomic E-state index is -0.645. The van der Waals surface area contributed by atoms with Crippen molar-refractivity contribution in [2.45, 2.75) is 13.0 Å². The molecule has 0 aromatic heterocycles. The van der Waals surface area contributed by atoms with Crippen molar-refractivity contribution in [3.05, 3.63) is 65.2 Å². The van der Waals surface area contributed by atoms with E-state index in [1.54, 1.807) is 19.1 Å². The second kappa shape index (κ2) is 6.03. The number of nitrogens with one attached hydrogen (secondary N) is 1. The Morgan fingerprint density at radius 3 is 2.73 bits per heavy atom. The molecule has 0 fully saturated rings. The standard InChI is InChI=1S/C18H17NO3/c1-12(20)15-7-3-4-8-16(15)19-18(21)14-10-13-6-2-5-9-17(13)22-11-14/h2-10,12,20H,11H2,1H3,(H,19,21). The van der Waals surface area contributed by atoms with E-state index >= 15 is 0 Å². The monoisotopic (exact) mass is 295 g/mol. The summed E-state index contributed by atoms with van der Waals surface area (Å²) < 4.78 is 5.59. The highest BCUT2D eigenvalue weighted by Gasteiger charge is 2.18. The molecule has 3 rings (SSSR count). The molecule has 0 bridgehead atoms. The van der Waals surface area contributed by atoms with Gasteiger partial charge in [0.15, 0.2) is 0 Å². The summed E-state index contributed by atoms with van der Waals surface area (Å²) in [6.07, 6.45) is 1.19. The Morgan fingerprint density at radius 1 is 1.18 bits per heavy atom. The van der Waals surface area contributed by atoms with Crippen LogP contribution in [0.15, 0.2) is 54.1 Å². The molecule has 2 N–H and O–H groups in total. The van der Waals surface area contributed by atoms with E-state index in [2.05, 4.69) is 5.32 Å². The maximum absolute atomic E-state index is 12.4. The minimum absolute atomic E-state index is 0.220. The van der Waals surface area contributed by atoms with Crippen LogP contribution >= 0.6 is 0 Å². The van der Waals surface area contributed by atoms with Crippen molar-refractivity contribution in [3.63, 3.8) is 0 Å². The smallest absolute Gasteiger partial charge is 0.255 e. The zero-order valence-corrected chi connectivity index (χ0v) is 12.2. The van der Waals surface area contributed by atoms with E-state index in [0.717, 1.165) is 11.3 Å². The number of carbonyl (C=O) groups is 1. The van der Waals surface area contributed by atoms with Crippen LogP contribution in [0, 0.1) is 0 Å². The molecule has 0 aliphatic carbocycles. The fourth-order valence-electron chi connectivity index (χ4n) is 2.42. The van der Waals surface area contributed by atoms with Crippen molar-refractivity contribution in [2.75, 3.05) is 11.9 Å². The van der Waals surface area contributed by atoms with Gasteiger partial charge in [0.2, 0.25) is 0 Å². The highest BCUT2D eigenvalue weighted by molar-refractivity contribution is 6.07. The third-order valence-electron chi connectivity index (χ3n) is 3.58. The summed E-state index contributed by atoms with van der Waals surface area (Å²) in [5.41, 5.74) is 2.75. The summed E-state index contributed by atoms with van der Waals surface area (Å²) in [6.45, 7) is 1.91. The predicted octanol–water partition coefficient (Wildman–Crippen LogP) is 3.15. The van der Waals surface area contributed by atoms with Crippen LogP contribution in [-0.2, 0) is 4.79 Å². The van der Waals surface area contributed by atoms with Gasteiger partial charge in [-0.25, -0.2) is 0 Å². The third-order valence-corrected chi connectivity index (χ3v) is 3.58. The lowest BCUT2D eigenvalue weighted by Crippen LogP contribution is -2.22. The zero-order valence-electron chi connectivity index (χ0n) is 12.2. The van der Waals surface area contributed by atoms with Crippen LogP contribution in [-0.4, -0.2) is 17.6 Å². The highest BCUT2D eigenvalue weighted by Crippen LogP contribution is 2.27.